The van der Waals surface area contributed by atoms with Crippen molar-refractivity contribution in [2.45, 2.75) is 13.5 Å². The average Bonchev–Trinajstić information content (AvgIpc) is 2.66. The molecule has 78 valence electrons. The van der Waals surface area contributed by atoms with Crippen LogP contribution < -0.4 is 5.73 Å². The molecule has 0 aliphatic rings. The molecule has 2 N–H and O–H groups in total. The Labute approximate surface area is 87.3 Å². The van der Waals surface area contributed by atoms with Gasteiger partial charge in [-0.05, 0) is 25.1 Å². The monoisotopic (exact) mass is 205 g/mol. The van der Waals surface area contributed by atoms with Crippen LogP contribution >= 0.6 is 0 Å². The van der Waals surface area contributed by atoms with Crippen molar-refractivity contribution in [3.63, 3.8) is 0 Å². The number of aryl methyl sites for hydroxylation is 1. The molecule has 0 atom stereocenters. The minimum Gasteiger partial charge on any atom is -0.398 e. The first-order valence-electron chi connectivity index (χ1n) is 4.78. The van der Waals surface area contributed by atoms with Crippen LogP contribution in [0.25, 0.3) is 11.1 Å². The number of nitrogens with zero attached hydrogens (tertiary/aromatic N) is 2. The van der Waals surface area contributed by atoms with Crippen LogP contribution in [-0.4, -0.2) is 9.78 Å². The molecule has 0 amide bonds. The normalized spacial score (nSPS) is 10.5. The van der Waals surface area contributed by atoms with Crippen molar-refractivity contribution in [3.05, 3.63) is 36.4 Å². The summed E-state index contributed by atoms with van der Waals surface area (Å²) in [6.07, 6.45) is 3.62. The predicted molar refractivity (Wildman–Crippen MR) is 57.7 cm³/mol. The fourth-order valence-electron chi connectivity index (χ4n) is 1.47. The Hall–Kier alpha value is -1.84. The number of hydrogen-bond donors (Lipinski definition) is 1. The van der Waals surface area contributed by atoms with E-state index in [0.29, 0.717) is 5.69 Å². The summed E-state index contributed by atoms with van der Waals surface area (Å²) < 4.78 is 14.6. The van der Waals surface area contributed by atoms with E-state index >= 15 is 0 Å². The summed E-state index contributed by atoms with van der Waals surface area (Å²) in [5, 5.41) is 4.14. The van der Waals surface area contributed by atoms with E-state index in [4.69, 9.17) is 5.73 Å². The highest BCUT2D eigenvalue weighted by Gasteiger charge is 2.05. The SMILES string of the molecule is CCn1cc(-c2ccc(F)cc2N)cn1. The van der Waals surface area contributed by atoms with Gasteiger partial charge in [0.15, 0.2) is 0 Å². The number of nitrogen functional groups attached to an aromatic ring is 1. The highest BCUT2D eigenvalue weighted by Crippen LogP contribution is 2.25. The molecule has 0 aliphatic carbocycles. The summed E-state index contributed by atoms with van der Waals surface area (Å²) >= 11 is 0. The van der Waals surface area contributed by atoms with Crippen molar-refractivity contribution < 1.29 is 4.39 Å². The first-order chi connectivity index (χ1) is 7.20. The van der Waals surface area contributed by atoms with Crippen LogP contribution in [0.15, 0.2) is 30.6 Å². The molecule has 4 heteroatoms. The van der Waals surface area contributed by atoms with Crippen LogP contribution in [0.5, 0.6) is 0 Å². The molecule has 0 spiro atoms. The van der Waals surface area contributed by atoms with Crippen molar-refractivity contribution in [2.24, 2.45) is 0 Å². The molecule has 0 unspecified atom stereocenters. The molecule has 0 saturated heterocycles. The highest BCUT2D eigenvalue weighted by atomic mass is 19.1. The van der Waals surface area contributed by atoms with E-state index in [0.717, 1.165) is 17.7 Å². The van der Waals surface area contributed by atoms with Crippen LogP contribution in [0.3, 0.4) is 0 Å². The summed E-state index contributed by atoms with van der Waals surface area (Å²) in [5.41, 5.74) is 7.89. The van der Waals surface area contributed by atoms with Crippen molar-refractivity contribution in [1.29, 1.82) is 0 Å². The standard InChI is InChI=1S/C11H12FN3/c1-2-15-7-8(6-14-15)10-4-3-9(12)5-11(10)13/h3-7H,2,13H2,1H3. The summed E-state index contributed by atoms with van der Waals surface area (Å²) in [4.78, 5) is 0. The van der Waals surface area contributed by atoms with E-state index < -0.39 is 0 Å². The van der Waals surface area contributed by atoms with Gasteiger partial charge in [-0.15, -0.1) is 0 Å². The first-order valence-corrected chi connectivity index (χ1v) is 4.78. The second-order valence-electron chi connectivity index (χ2n) is 3.32. The zero-order valence-corrected chi connectivity index (χ0v) is 8.44. The predicted octanol–water partition coefficient (Wildman–Crippen LogP) is 2.29. The van der Waals surface area contributed by atoms with Crippen molar-refractivity contribution in [3.8, 4) is 11.1 Å². The van der Waals surface area contributed by atoms with Crippen LogP contribution in [0, 0.1) is 5.82 Å². The molecule has 15 heavy (non-hydrogen) atoms. The van der Waals surface area contributed by atoms with Crippen molar-refractivity contribution >= 4 is 5.69 Å². The topological polar surface area (TPSA) is 43.8 Å². The number of benzene rings is 1. The van der Waals surface area contributed by atoms with Gasteiger partial charge in [0, 0.05) is 29.6 Å². The zero-order valence-electron chi connectivity index (χ0n) is 8.44. The third-order valence-electron chi connectivity index (χ3n) is 2.28. The lowest BCUT2D eigenvalue weighted by Gasteiger charge is -2.02. The number of halogens is 1. The molecule has 2 rings (SSSR count). The molecule has 0 saturated carbocycles. The maximum absolute atomic E-state index is 12.8. The molecule has 1 aromatic carbocycles. The van der Waals surface area contributed by atoms with E-state index in [1.54, 1.807) is 16.9 Å². The van der Waals surface area contributed by atoms with Gasteiger partial charge in [-0.1, -0.05) is 0 Å². The lowest BCUT2D eigenvalue weighted by Crippen LogP contribution is -1.92. The van der Waals surface area contributed by atoms with E-state index in [1.807, 2.05) is 13.1 Å². The first kappa shape index (κ1) is 9.71. The maximum Gasteiger partial charge on any atom is 0.125 e. The molecule has 0 aliphatic heterocycles. The Balaban J connectivity index is 2.44. The second kappa shape index (κ2) is 3.73. The third kappa shape index (κ3) is 1.83. The quantitative estimate of drug-likeness (QED) is 0.764. The lowest BCUT2D eigenvalue weighted by atomic mass is 10.1. The Morgan fingerprint density at radius 2 is 2.27 bits per heavy atom. The zero-order chi connectivity index (χ0) is 10.8. The lowest BCUT2D eigenvalue weighted by molar-refractivity contribution is 0.628. The molecule has 1 heterocycles. The van der Waals surface area contributed by atoms with Gasteiger partial charge in [0.25, 0.3) is 0 Å². The van der Waals surface area contributed by atoms with Gasteiger partial charge in [0.2, 0.25) is 0 Å². The molecule has 0 bridgehead atoms. The van der Waals surface area contributed by atoms with Gasteiger partial charge in [0.05, 0.1) is 6.20 Å². The molecular weight excluding hydrogens is 193 g/mol. The number of rotatable bonds is 2. The Morgan fingerprint density at radius 3 is 2.87 bits per heavy atom. The van der Waals surface area contributed by atoms with Gasteiger partial charge in [-0.3, -0.25) is 4.68 Å². The summed E-state index contributed by atoms with van der Waals surface area (Å²) in [7, 11) is 0. The van der Waals surface area contributed by atoms with E-state index in [-0.39, 0.29) is 5.82 Å². The van der Waals surface area contributed by atoms with E-state index in [1.165, 1.54) is 12.1 Å². The summed E-state index contributed by atoms with van der Waals surface area (Å²) in [5.74, 6) is -0.320. The van der Waals surface area contributed by atoms with Gasteiger partial charge < -0.3 is 5.73 Å². The fraction of sp³-hybridized carbons (Fsp3) is 0.182. The van der Waals surface area contributed by atoms with Gasteiger partial charge in [-0.2, -0.15) is 5.10 Å². The molecular formula is C11H12FN3. The minimum atomic E-state index is -0.320. The highest BCUT2D eigenvalue weighted by molar-refractivity contribution is 5.75. The van der Waals surface area contributed by atoms with Crippen LogP contribution in [-0.2, 0) is 6.54 Å². The van der Waals surface area contributed by atoms with Crippen LogP contribution in [0.1, 0.15) is 6.92 Å². The number of nitrogens with two attached hydrogens (primary N) is 1. The third-order valence-corrected chi connectivity index (χ3v) is 2.28. The Morgan fingerprint density at radius 1 is 1.47 bits per heavy atom. The largest absolute Gasteiger partial charge is 0.398 e. The van der Waals surface area contributed by atoms with Crippen LogP contribution in [0.4, 0.5) is 10.1 Å². The van der Waals surface area contributed by atoms with E-state index in [9.17, 15) is 4.39 Å². The second-order valence-corrected chi connectivity index (χ2v) is 3.32. The van der Waals surface area contributed by atoms with Gasteiger partial charge in [-0.25, -0.2) is 4.39 Å². The van der Waals surface area contributed by atoms with Crippen molar-refractivity contribution in [1.82, 2.24) is 9.78 Å². The average molecular weight is 205 g/mol. The minimum absolute atomic E-state index is 0.320. The molecule has 2 aromatic rings. The van der Waals surface area contributed by atoms with Gasteiger partial charge in [0.1, 0.15) is 5.82 Å². The fourth-order valence-corrected chi connectivity index (χ4v) is 1.47. The van der Waals surface area contributed by atoms with E-state index in [2.05, 4.69) is 5.10 Å². The Bertz CT molecular complexity index is 476. The van der Waals surface area contributed by atoms with Crippen LogP contribution in [0.2, 0.25) is 0 Å². The molecule has 3 nitrogen and oxygen atoms in total. The Kier molecular flexibility index (Phi) is 2.41. The molecule has 0 radical (unpaired) electrons. The molecule has 1 aromatic heterocycles. The summed E-state index contributed by atoms with van der Waals surface area (Å²) in [6.45, 7) is 2.81. The number of anilines is 1. The number of hydrogen-bond acceptors (Lipinski definition) is 2. The molecule has 0 fully saturated rings. The summed E-state index contributed by atoms with van der Waals surface area (Å²) in [6, 6.07) is 4.38. The van der Waals surface area contributed by atoms with Gasteiger partial charge >= 0.3 is 0 Å². The maximum atomic E-state index is 12.8. The number of aromatic nitrogens is 2. The van der Waals surface area contributed by atoms with Crippen molar-refractivity contribution in [2.75, 3.05) is 5.73 Å². The smallest absolute Gasteiger partial charge is 0.125 e.